The van der Waals surface area contributed by atoms with Gasteiger partial charge in [0.15, 0.2) is 0 Å². The van der Waals surface area contributed by atoms with Crippen LogP contribution in [0.1, 0.15) is 21.5 Å². The monoisotopic (exact) mass is 461 g/mol. The van der Waals surface area contributed by atoms with Gasteiger partial charge in [-0.1, -0.05) is 53.2 Å². The number of aryl methyl sites for hydroxylation is 1. The molecule has 0 unspecified atom stereocenters. The summed E-state index contributed by atoms with van der Waals surface area (Å²) in [4.78, 5) is 25.8. The fraction of sp³-hybridized carbons (Fsp3) is 0.0800. The third-order valence-corrected chi connectivity index (χ3v) is 5.91. The van der Waals surface area contributed by atoms with Crippen molar-refractivity contribution in [3.8, 4) is 5.69 Å². The molecule has 0 radical (unpaired) electrons. The summed E-state index contributed by atoms with van der Waals surface area (Å²) in [6.07, 6.45) is 0. The lowest BCUT2D eigenvalue weighted by molar-refractivity contribution is 0.0951. The van der Waals surface area contributed by atoms with E-state index in [9.17, 15) is 9.59 Å². The van der Waals surface area contributed by atoms with E-state index in [-0.39, 0.29) is 11.5 Å². The summed E-state index contributed by atoms with van der Waals surface area (Å²) in [5.74, 6) is -0.176. The standard InChI is InChI=1S/C25H20ClN3O2S/c1-17-3-2-4-18(15-17)16-27-25(31)19-5-9-21(10-6-19)29-24(30)14-13-23(28-29)32-22-11-7-20(26)8-12-22/h2-15H,16H2,1H3,(H,27,31). The molecule has 0 aliphatic carbocycles. The predicted octanol–water partition coefficient (Wildman–Crippen LogP) is 5.28. The van der Waals surface area contributed by atoms with Gasteiger partial charge in [0.05, 0.1) is 5.69 Å². The Balaban J connectivity index is 1.47. The molecule has 4 rings (SSSR count). The van der Waals surface area contributed by atoms with E-state index in [2.05, 4.69) is 10.4 Å². The Hall–Kier alpha value is -3.35. The van der Waals surface area contributed by atoms with Crippen LogP contribution in [0.25, 0.3) is 5.69 Å². The third-order valence-electron chi connectivity index (χ3n) is 4.72. The molecule has 1 heterocycles. The number of hydrogen-bond donors (Lipinski definition) is 1. The van der Waals surface area contributed by atoms with Crippen LogP contribution in [0.4, 0.5) is 0 Å². The average molecular weight is 462 g/mol. The van der Waals surface area contributed by atoms with Crippen LogP contribution in [0.3, 0.4) is 0 Å². The smallest absolute Gasteiger partial charge is 0.271 e. The fourth-order valence-corrected chi connectivity index (χ4v) is 4.02. The highest BCUT2D eigenvalue weighted by Gasteiger charge is 2.09. The van der Waals surface area contributed by atoms with Gasteiger partial charge in [0.2, 0.25) is 0 Å². The summed E-state index contributed by atoms with van der Waals surface area (Å²) < 4.78 is 1.33. The van der Waals surface area contributed by atoms with Gasteiger partial charge in [0.25, 0.3) is 11.5 Å². The molecule has 1 amide bonds. The van der Waals surface area contributed by atoms with Gasteiger partial charge >= 0.3 is 0 Å². The zero-order chi connectivity index (χ0) is 22.5. The van der Waals surface area contributed by atoms with Crippen molar-refractivity contribution < 1.29 is 4.79 Å². The minimum atomic E-state index is -0.248. The normalized spacial score (nSPS) is 10.7. The molecular formula is C25H20ClN3O2S. The van der Waals surface area contributed by atoms with Crippen LogP contribution in [0, 0.1) is 6.92 Å². The van der Waals surface area contributed by atoms with E-state index in [1.807, 2.05) is 55.5 Å². The summed E-state index contributed by atoms with van der Waals surface area (Å²) in [6.45, 7) is 2.47. The minimum absolute atomic E-state index is 0.176. The van der Waals surface area contributed by atoms with Crippen LogP contribution in [-0.4, -0.2) is 15.7 Å². The molecule has 32 heavy (non-hydrogen) atoms. The molecule has 0 fully saturated rings. The molecule has 0 saturated carbocycles. The second-order valence-electron chi connectivity index (χ2n) is 7.20. The highest BCUT2D eigenvalue weighted by atomic mass is 35.5. The first kappa shape index (κ1) is 21.9. The van der Waals surface area contributed by atoms with Gasteiger partial charge in [-0.2, -0.15) is 9.78 Å². The third kappa shape index (κ3) is 5.46. The number of aromatic nitrogens is 2. The van der Waals surface area contributed by atoms with Crippen LogP contribution >= 0.6 is 23.4 Å². The van der Waals surface area contributed by atoms with Crippen LogP contribution in [0.2, 0.25) is 5.02 Å². The first-order valence-electron chi connectivity index (χ1n) is 9.96. The van der Waals surface area contributed by atoms with Gasteiger partial charge in [-0.25, -0.2) is 0 Å². The maximum absolute atomic E-state index is 12.5. The van der Waals surface area contributed by atoms with Crippen molar-refractivity contribution in [3.63, 3.8) is 0 Å². The van der Waals surface area contributed by atoms with Crippen molar-refractivity contribution in [2.45, 2.75) is 23.4 Å². The van der Waals surface area contributed by atoms with Gasteiger partial charge in [0, 0.05) is 28.1 Å². The quantitative estimate of drug-likeness (QED) is 0.424. The lowest BCUT2D eigenvalue weighted by atomic mass is 10.1. The van der Waals surface area contributed by atoms with Crippen molar-refractivity contribution >= 4 is 29.3 Å². The molecule has 0 saturated heterocycles. The van der Waals surface area contributed by atoms with Gasteiger partial charge in [-0.15, -0.1) is 0 Å². The van der Waals surface area contributed by atoms with Crippen molar-refractivity contribution in [3.05, 3.63) is 117 Å². The summed E-state index contributed by atoms with van der Waals surface area (Å²) in [7, 11) is 0. The van der Waals surface area contributed by atoms with E-state index in [1.165, 1.54) is 22.5 Å². The van der Waals surface area contributed by atoms with Crippen molar-refractivity contribution in [1.82, 2.24) is 15.1 Å². The number of halogens is 1. The first-order valence-corrected chi connectivity index (χ1v) is 11.2. The lowest BCUT2D eigenvalue weighted by Crippen LogP contribution is -2.23. The molecule has 0 atom stereocenters. The predicted molar refractivity (Wildman–Crippen MR) is 128 cm³/mol. The molecule has 0 aliphatic rings. The van der Waals surface area contributed by atoms with E-state index in [0.717, 1.165) is 16.0 Å². The van der Waals surface area contributed by atoms with E-state index in [4.69, 9.17) is 11.6 Å². The Labute approximate surface area is 195 Å². The Morgan fingerprint density at radius 2 is 1.75 bits per heavy atom. The van der Waals surface area contributed by atoms with Crippen LogP contribution in [0.5, 0.6) is 0 Å². The number of nitrogens with zero attached hydrogens (tertiary/aromatic N) is 2. The molecule has 0 spiro atoms. The molecule has 0 aliphatic heterocycles. The van der Waals surface area contributed by atoms with Gasteiger partial charge < -0.3 is 5.32 Å². The number of hydrogen-bond acceptors (Lipinski definition) is 4. The maximum atomic E-state index is 12.5. The van der Waals surface area contributed by atoms with Crippen molar-refractivity contribution in [1.29, 1.82) is 0 Å². The summed E-state index contributed by atoms with van der Waals surface area (Å²) in [5.41, 5.74) is 3.04. The van der Waals surface area contributed by atoms with E-state index < -0.39 is 0 Å². The second kappa shape index (κ2) is 9.85. The SMILES string of the molecule is Cc1cccc(CNC(=O)c2ccc(-n3nc(Sc4ccc(Cl)cc4)ccc3=O)cc2)c1. The second-order valence-corrected chi connectivity index (χ2v) is 8.73. The Kier molecular flexibility index (Phi) is 6.73. The highest BCUT2D eigenvalue weighted by molar-refractivity contribution is 7.99. The molecule has 5 nitrogen and oxygen atoms in total. The Bertz CT molecular complexity index is 1300. The Morgan fingerprint density at radius 3 is 2.47 bits per heavy atom. The van der Waals surface area contributed by atoms with E-state index in [1.54, 1.807) is 30.3 Å². The molecule has 7 heteroatoms. The molecule has 0 bridgehead atoms. The number of carbonyl (C=O) groups excluding carboxylic acids is 1. The van der Waals surface area contributed by atoms with E-state index >= 15 is 0 Å². The maximum Gasteiger partial charge on any atom is 0.271 e. The summed E-state index contributed by atoms with van der Waals surface area (Å²) in [5, 5.41) is 8.71. The highest BCUT2D eigenvalue weighted by Crippen LogP contribution is 2.26. The fourth-order valence-electron chi connectivity index (χ4n) is 3.12. The molecule has 1 aromatic heterocycles. The van der Waals surface area contributed by atoms with Crippen LogP contribution in [0.15, 0.2) is 99.6 Å². The van der Waals surface area contributed by atoms with Gasteiger partial charge in [0.1, 0.15) is 5.03 Å². The number of benzene rings is 3. The minimum Gasteiger partial charge on any atom is -0.348 e. The van der Waals surface area contributed by atoms with Crippen LogP contribution < -0.4 is 10.9 Å². The topological polar surface area (TPSA) is 64.0 Å². The average Bonchev–Trinajstić information content (AvgIpc) is 2.80. The molecule has 1 N–H and O–H groups in total. The van der Waals surface area contributed by atoms with E-state index in [0.29, 0.717) is 27.8 Å². The number of amides is 1. The Morgan fingerprint density at radius 1 is 1.00 bits per heavy atom. The summed E-state index contributed by atoms with van der Waals surface area (Å²) >= 11 is 7.37. The molecule has 3 aromatic carbocycles. The van der Waals surface area contributed by atoms with Gasteiger partial charge in [-0.05, 0) is 67.1 Å². The van der Waals surface area contributed by atoms with Crippen molar-refractivity contribution in [2.24, 2.45) is 0 Å². The van der Waals surface area contributed by atoms with Crippen molar-refractivity contribution in [2.75, 3.05) is 0 Å². The number of rotatable bonds is 6. The zero-order valence-electron chi connectivity index (χ0n) is 17.3. The lowest BCUT2D eigenvalue weighted by Gasteiger charge is -2.09. The summed E-state index contributed by atoms with van der Waals surface area (Å²) in [6, 6.07) is 25.4. The molecular weight excluding hydrogens is 442 g/mol. The van der Waals surface area contributed by atoms with Crippen LogP contribution in [-0.2, 0) is 6.54 Å². The first-order chi connectivity index (χ1) is 15.5. The largest absolute Gasteiger partial charge is 0.348 e. The number of carbonyl (C=O) groups is 1. The van der Waals surface area contributed by atoms with Gasteiger partial charge in [-0.3, -0.25) is 9.59 Å². The molecule has 4 aromatic rings. The number of nitrogens with one attached hydrogen (secondary N) is 1. The molecule has 160 valence electrons. The zero-order valence-corrected chi connectivity index (χ0v) is 18.9.